The number of rotatable bonds is 6. The molecule has 2 N–H and O–H groups in total. The van der Waals surface area contributed by atoms with Crippen LogP contribution >= 0.6 is 0 Å². The zero-order valence-corrected chi connectivity index (χ0v) is 12.7. The van der Waals surface area contributed by atoms with Crippen molar-refractivity contribution in [1.82, 2.24) is 4.72 Å². The van der Waals surface area contributed by atoms with Crippen LogP contribution in [0, 0.1) is 0 Å². The maximum atomic E-state index is 12.0. The number of hydrogen-bond donors (Lipinski definition) is 2. The van der Waals surface area contributed by atoms with Crippen LogP contribution in [-0.2, 0) is 14.8 Å². The van der Waals surface area contributed by atoms with E-state index in [1.807, 2.05) is 10.8 Å². The average molecular weight is 333 g/mol. The van der Waals surface area contributed by atoms with E-state index >= 15 is 0 Å². The maximum absolute atomic E-state index is 12.0. The van der Waals surface area contributed by atoms with E-state index in [2.05, 4.69) is 5.32 Å². The van der Waals surface area contributed by atoms with Crippen molar-refractivity contribution in [3.63, 3.8) is 0 Å². The Morgan fingerprint density at radius 2 is 1.57 bits per heavy atom. The molecule has 0 heterocycles. The molecule has 0 fully saturated rings. The Bertz CT molecular complexity index is 802. The van der Waals surface area contributed by atoms with E-state index in [-0.39, 0.29) is 16.4 Å². The van der Waals surface area contributed by atoms with Gasteiger partial charge < -0.3 is 15.2 Å². The van der Waals surface area contributed by atoms with Gasteiger partial charge in [-0.2, -0.15) is 0 Å². The number of carboxylic acids is 1. The van der Waals surface area contributed by atoms with Crippen molar-refractivity contribution in [2.24, 2.45) is 0 Å². The molecular weight excluding hydrogens is 320 g/mol. The van der Waals surface area contributed by atoms with Crippen LogP contribution in [0.5, 0.6) is 0 Å². The maximum Gasteiger partial charge on any atom is 0.255 e. The third-order valence-corrected chi connectivity index (χ3v) is 4.28. The van der Waals surface area contributed by atoms with Crippen molar-refractivity contribution in [3.8, 4) is 0 Å². The number of aliphatic carboxylic acids is 1. The zero-order valence-electron chi connectivity index (χ0n) is 11.9. The van der Waals surface area contributed by atoms with Crippen LogP contribution in [-0.4, -0.2) is 26.8 Å². The fourth-order valence-electron chi connectivity index (χ4n) is 1.75. The monoisotopic (exact) mass is 333 g/mol. The molecule has 0 bridgehead atoms. The second-order valence-electron chi connectivity index (χ2n) is 4.54. The number of carboxylic acid groups (broad SMARTS) is 1. The largest absolute Gasteiger partial charge is 0.549 e. The third kappa shape index (κ3) is 4.63. The Hall–Kier alpha value is -2.71. The van der Waals surface area contributed by atoms with Gasteiger partial charge in [-0.3, -0.25) is 4.79 Å². The van der Waals surface area contributed by atoms with Gasteiger partial charge in [0.2, 0.25) is 10.0 Å². The molecule has 23 heavy (non-hydrogen) atoms. The predicted molar refractivity (Wildman–Crippen MR) is 81.0 cm³/mol. The molecule has 0 spiro atoms. The molecule has 2 aromatic rings. The average Bonchev–Trinajstić information content (AvgIpc) is 2.54. The number of para-hydroxylation sites is 1. The van der Waals surface area contributed by atoms with Crippen LogP contribution in [0.25, 0.3) is 0 Å². The Kier molecular flexibility index (Phi) is 5.09. The summed E-state index contributed by atoms with van der Waals surface area (Å²) in [5, 5.41) is 13.0. The van der Waals surface area contributed by atoms with Crippen LogP contribution in [0.4, 0.5) is 5.69 Å². The number of anilines is 1. The number of benzene rings is 2. The van der Waals surface area contributed by atoms with E-state index in [0.717, 1.165) is 0 Å². The van der Waals surface area contributed by atoms with E-state index in [1.165, 1.54) is 24.3 Å². The van der Waals surface area contributed by atoms with E-state index < -0.39 is 22.5 Å². The molecule has 8 heteroatoms. The number of hydrogen-bond acceptors (Lipinski definition) is 5. The van der Waals surface area contributed by atoms with E-state index in [0.29, 0.717) is 5.69 Å². The lowest BCUT2D eigenvalue weighted by atomic mass is 10.2. The first-order chi connectivity index (χ1) is 10.9. The highest BCUT2D eigenvalue weighted by Gasteiger charge is 2.14. The minimum absolute atomic E-state index is 0.144. The summed E-state index contributed by atoms with van der Waals surface area (Å²) in [6.45, 7) is -0.821. The lowest BCUT2D eigenvalue weighted by molar-refractivity contribution is -0.303. The Balaban J connectivity index is 2.10. The van der Waals surface area contributed by atoms with Gasteiger partial charge in [0.15, 0.2) is 0 Å². The van der Waals surface area contributed by atoms with Crippen molar-refractivity contribution >= 4 is 27.6 Å². The number of nitrogens with one attached hydrogen (secondary N) is 2. The van der Waals surface area contributed by atoms with Gasteiger partial charge in [0.1, 0.15) is 0 Å². The normalized spacial score (nSPS) is 11.0. The Morgan fingerprint density at radius 1 is 0.957 bits per heavy atom. The summed E-state index contributed by atoms with van der Waals surface area (Å²) in [5.41, 5.74) is 0.887. The van der Waals surface area contributed by atoms with Gasteiger partial charge >= 0.3 is 0 Å². The van der Waals surface area contributed by atoms with E-state index in [1.54, 1.807) is 24.3 Å². The van der Waals surface area contributed by atoms with Crippen molar-refractivity contribution in [2.45, 2.75) is 4.90 Å². The SMILES string of the molecule is O=C([O-])CNS(=O)(=O)c1ccc(C(=O)Nc2ccccc2)cc1. The Labute approximate surface area is 133 Å². The number of amides is 1. The molecule has 0 unspecified atom stereocenters. The van der Waals surface area contributed by atoms with E-state index in [4.69, 9.17) is 0 Å². The smallest absolute Gasteiger partial charge is 0.255 e. The predicted octanol–water partition coefficient (Wildman–Crippen LogP) is -0.0329. The summed E-state index contributed by atoms with van der Waals surface area (Å²) in [4.78, 5) is 22.2. The number of carbonyl (C=O) groups excluding carboxylic acids is 2. The molecular formula is C15H13N2O5S-. The summed E-state index contributed by atoms with van der Waals surface area (Å²) < 4.78 is 25.5. The molecule has 0 saturated carbocycles. The van der Waals surface area contributed by atoms with Crippen molar-refractivity contribution in [3.05, 3.63) is 60.2 Å². The van der Waals surface area contributed by atoms with E-state index in [9.17, 15) is 23.1 Å². The molecule has 1 amide bonds. The van der Waals surface area contributed by atoms with Crippen molar-refractivity contribution in [1.29, 1.82) is 0 Å². The lowest BCUT2D eigenvalue weighted by Gasteiger charge is -2.08. The van der Waals surface area contributed by atoms with Crippen molar-refractivity contribution < 1.29 is 23.1 Å². The molecule has 0 saturated heterocycles. The zero-order chi connectivity index (χ0) is 16.9. The van der Waals surface area contributed by atoms with Crippen LogP contribution < -0.4 is 15.1 Å². The second-order valence-corrected chi connectivity index (χ2v) is 6.31. The summed E-state index contributed by atoms with van der Waals surface area (Å²) in [7, 11) is -3.96. The van der Waals surface area contributed by atoms with Gasteiger partial charge in [0.05, 0.1) is 17.4 Å². The summed E-state index contributed by atoms with van der Waals surface area (Å²) in [6.07, 6.45) is 0. The highest BCUT2D eigenvalue weighted by Crippen LogP contribution is 2.12. The van der Waals surface area contributed by atoms with Crippen LogP contribution in [0.1, 0.15) is 10.4 Å². The quantitative estimate of drug-likeness (QED) is 0.770. The third-order valence-electron chi connectivity index (χ3n) is 2.86. The fourth-order valence-corrected chi connectivity index (χ4v) is 2.72. The summed E-state index contributed by atoms with van der Waals surface area (Å²) >= 11 is 0. The van der Waals surface area contributed by atoms with Gasteiger partial charge in [0, 0.05) is 11.3 Å². The Morgan fingerprint density at radius 3 is 2.13 bits per heavy atom. The number of sulfonamides is 1. The van der Waals surface area contributed by atoms with Gasteiger partial charge in [-0.1, -0.05) is 18.2 Å². The first-order valence-corrected chi connectivity index (χ1v) is 8.03. The lowest BCUT2D eigenvalue weighted by Crippen LogP contribution is -2.37. The standard InChI is InChI=1S/C15H14N2O5S/c18-14(19)10-16-23(21,22)13-8-6-11(7-9-13)15(20)17-12-4-2-1-3-5-12/h1-9,16H,10H2,(H,17,20)(H,18,19)/p-1. The minimum atomic E-state index is -3.96. The fraction of sp³-hybridized carbons (Fsp3) is 0.0667. The van der Waals surface area contributed by atoms with Crippen molar-refractivity contribution in [2.75, 3.05) is 11.9 Å². The number of carbonyl (C=O) groups is 2. The topological polar surface area (TPSA) is 115 Å². The van der Waals surface area contributed by atoms with Crippen LogP contribution in [0.15, 0.2) is 59.5 Å². The van der Waals surface area contributed by atoms with Crippen LogP contribution in [0.2, 0.25) is 0 Å². The molecule has 0 atom stereocenters. The van der Waals surface area contributed by atoms with Gasteiger partial charge in [0.25, 0.3) is 5.91 Å². The first kappa shape index (κ1) is 16.7. The molecule has 0 aliphatic heterocycles. The highest BCUT2D eigenvalue weighted by atomic mass is 32.2. The summed E-state index contributed by atoms with van der Waals surface area (Å²) in [6, 6.07) is 13.9. The molecule has 2 aromatic carbocycles. The molecule has 0 aliphatic rings. The molecule has 120 valence electrons. The molecule has 0 aliphatic carbocycles. The molecule has 7 nitrogen and oxygen atoms in total. The minimum Gasteiger partial charge on any atom is -0.549 e. The summed E-state index contributed by atoms with van der Waals surface area (Å²) in [5.74, 6) is -1.92. The molecule has 2 rings (SSSR count). The molecule has 0 aromatic heterocycles. The second kappa shape index (κ2) is 7.03. The van der Waals surface area contributed by atoms with Gasteiger partial charge in [-0.05, 0) is 36.4 Å². The first-order valence-electron chi connectivity index (χ1n) is 6.54. The van der Waals surface area contributed by atoms with Crippen LogP contribution in [0.3, 0.4) is 0 Å². The molecule has 0 radical (unpaired) electrons. The highest BCUT2D eigenvalue weighted by molar-refractivity contribution is 7.89. The van der Waals surface area contributed by atoms with Gasteiger partial charge in [-0.25, -0.2) is 13.1 Å². The van der Waals surface area contributed by atoms with Gasteiger partial charge in [-0.15, -0.1) is 0 Å².